The highest BCUT2D eigenvalue weighted by Crippen LogP contribution is 2.25. The number of amides is 1. The van der Waals surface area contributed by atoms with Crippen molar-refractivity contribution in [3.63, 3.8) is 0 Å². The molecule has 0 saturated carbocycles. The largest absolute Gasteiger partial charge is 0.323 e. The topological polar surface area (TPSA) is 123 Å². The van der Waals surface area contributed by atoms with E-state index in [1.165, 1.54) is 0 Å². The van der Waals surface area contributed by atoms with Gasteiger partial charge in [-0.15, -0.1) is 5.10 Å². The molecule has 7 rings (SSSR count). The van der Waals surface area contributed by atoms with E-state index in [-0.39, 0.29) is 5.91 Å². The maximum atomic E-state index is 13.1. The van der Waals surface area contributed by atoms with Crippen LogP contribution in [0.25, 0.3) is 27.5 Å². The van der Waals surface area contributed by atoms with Crippen molar-refractivity contribution in [3.8, 4) is 0 Å². The summed E-state index contributed by atoms with van der Waals surface area (Å²) in [5.74, 6) is 0.586. The van der Waals surface area contributed by atoms with E-state index < -0.39 is 0 Å². The Kier molecular flexibility index (Phi) is 5.11. The van der Waals surface area contributed by atoms with Crippen LogP contribution in [0.3, 0.4) is 0 Å². The number of aryl methyl sites for hydroxylation is 2. The predicted molar refractivity (Wildman–Crippen MR) is 146 cm³/mol. The summed E-state index contributed by atoms with van der Waals surface area (Å²) in [6.07, 6.45) is 0. The van der Waals surface area contributed by atoms with Crippen LogP contribution in [0.2, 0.25) is 0 Å². The minimum Gasteiger partial charge on any atom is -0.323 e. The molecule has 0 atom stereocenters. The molecule has 1 saturated heterocycles. The number of piperazine rings is 1. The highest BCUT2D eigenvalue weighted by molar-refractivity contribution is 5.97. The Morgan fingerprint density at radius 3 is 2.47 bits per heavy atom. The van der Waals surface area contributed by atoms with E-state index in [0.29, 0.717) is 25.6 Å². The third-order valence-corrected chi connectivity index (χ3v) is 7.18. The first-order chi connectivity index (χ1) is 18.5. The zero-order valence-corrected chi connectivity index (χ0v) is 21.1. The first-order valence-corrected chi connectivity index (χ1v) is 12.6. The molecular formula is C27H26N10O. The summed E-state index contributed by atoms with van der Waals surface area (Å²) in [5, 5.41) is 24.8. The first kappa shape index (κ1) is 22.4. The number of pyridine rings is 1. The second-order valence-corrected chi connectivity index (χ2v) is 9.71. The Bertz CT molecular complexity index is 1830. The number of carbonyl (C=O) groups excluding carboxylic acids is 1. The van der Waals surface area contributed by atoms with E-state index in [1.807, 2.05) is 77.9 Å². The lowest BCUT2D eigenvalue weighted by molar-refractivity contribution is -0.121. The van der Waals surface area contributed by atoms with Gasteiger partial charge >= 0.3 is 0 Å². The molecule has 0 bridgehead atoms. The summed E-state index contributed by atoms with van der Waals surface area (Å²) in [6.45, 7) is 6.25. The second-order valence-electron chi connectivity index (χ2n) is 9.71. The molecule has 11 nitrogen and oxygen atoms in total. The molecule has 1 aliphatic heterocycles. The van der Waals surface area contributed by atoms with E-state index in [0.717, 1.165) is 62.5 Å². The summed E-state index contributed by atoms with van der Waals surface area (Å²) < 4.78 is 1.84. The molecule has 5 heterocycles. The third kappa shape index (κ3) is 3.84. The minimum atomic E-state index is 0.0735. The van der Waals surface area contributed by atoms with Crippen LogP contribution >= 0.6 is 0 Å². The van der Waals surface area contributed by atoms with Crippen LogP contribution in [0, 0.1) is 13.8 Å². The zero-order valence-electron chi connectivity index (χ0n) is 21.1. The number of nitrogens with zero attached hydrogens (tertiary/aromatic N) is 7. The van der Waals surface area contributed by atoms with Crippen LogP contribution in [0.5, 0.6) is 0 Å². The van der Waals surface area contributed by atoms with Gasteiger partial charge in [0.2, 0.25) is 11.9 Å². The Morgan fingerprint density at radius 2 is 1.68 bits per heavy atom. The number of benzene rings is 2. The molecule has 1 aliphatic rings. The second kappa shape index (κ2) is 8.67. The van der Waals surface area contributed by atoms with E-state index in [4.69, 9.17) is 5.10 Å². The summed E-state index contributed by atoms with van der Waals surface area (Å²) in [7, 11) is 0. The van der Waals surface area contributed by atoms with E-state index in [9.17, 15) is 4.79 Å². The van der Waals surface area contributed by atoms with Crippen LogP contribution in [0.1, 0.15) is 17.1 Å². The lowest BCUT2D eigenvalue weighted by Gasteiger charge is -2.34. The molecule has 0 spiro atoms. The average molecular weight is 507 g/mol. The van der Waals surface area contributed by atoms with Crippen LogP contribution in [0.4, 0.5) is 17.3 Å². The number of hydrogen-bond acceptors (Lipinski definition) is 7. The quantitative estimate of drug-likeness (QED) is 0.326. The highest BCUT2D eigenvalue weighted by Gasteiger charge is 2.26. The van der Waals surface area contributed by atoms with Gasteiger partial charge in [0.05, 0.1) is 34.7 Å². The molecule has 1 fully saturated rings. The molecule has 0 unspecified atom stereocenters. The Labute approximate surface area is 217 Å². The Hall–Kier alpha value is -4.77. The van der Waals surface area contributed by atoms with Gasteiger partial charge in [-0.05, 0) is 62.4 Å². The van der Waals surface area contributed by atoms with Crippen molar-refractivity contribution in [1.29, 1.82) is 0 Å². The third-order valence-electron chi connectivity index (χ3n) is 7.18. The number of carbonyl (C=O) groups is 1. The van der Waals surface area contributed by atoms with E-state index >= 15 is 0 Å². The number of fused-ring (bicyclic) bond motifs is 3. The molecule has 0 aliphatic carbocycles. The fourth-order valence-electron chi connectivity index (χ4n) is 5.17. The molecule has 190 valence electrons. The first-order valence-electron chi connectivity index (χ1n) is 12.6. The van der Waals surface area contributed by atoms with Crippen molar-refractivity contribution in [2.75, 3.05) is 29.9 Å². The molecule has 0 radical (unpaired) electrons. The number of anilines is 3. The van der Waals surface area contributed by atoms with Crippen LogP contribution in [0.15, 0.2) is 54.6 Å². The monoisotopic (exact) mass is 506 g/mol. The van der Waals surface area contributed by atoms with Gasteiger partial charge in [-0.1, -0.05) is 6.07 Å². The molecular weight excluding hydrogens is 480 g/mol. The zero-order chi connectivity index (χ0) is 25.8. The van der Waals surface area contributed by atoms with Gasteiger partial charge in [-0.2, -0.15) is 15.2 Å². The minimum absolute atomic E-state index is 0.0735. The number of rotatable bonds is 5. The summed E-state index contributed by atoms with van der Waals surface area (Å²) in [5.41, 5.74) is 7.31. The lowest BCUT2D eigenvalue weighted by atomic mass is 10.1. The normalized spacial score (nSPS) is 14.8. The predicted octanol–water partition coefficient (Wildman–Crippen LogP) is 3.69. The summed E-state index contributed by atoms with van der Waals surface area (Å²) in [6, 6.07) is 18.0. The maximum absolute atomic E-state index is 13.1. The van der Waals surface area contributed by atoms with Crippen molar-refractivity contribution in [3.05, 3.63) is 71.7 Å². The Balaban J connectivity index is 1.07. The molecule has 2 aromatic carbocycles. The van der Waals surface area contributed by atoms with E-state index in [2.05, 4.69) is 35.6 Å². The van der Waals surface area contributed by atoms with Gasteiger partial charge in [0.25, 0.3) is 0 Å². The van der Waals surface area contributed by atoms with Gasteiger partial charge in [0.1, 0.15) is 0 Å². The lowest BCUT2D eigenvalue weighted by Crippen LogP contribution is -2.50. The molecule has 1 amide bonds. The molecule has 4 aromatic heterocycles. The molecule has 3 N–H and O–H groups in total. The van der Waals surface area contributed by atoms with Crippen LogP contribution < -0.4 is 10.2 Å². The van der Waals surface area contributed by atoms with Gasteiger partial charge in [-0.25, -0.2) is 4.52 Å². The number of hydrogen-bond donors (Lipinski definition) is 3. The average Bonchev–Trinajstić information content (AvgIpc) is 3.61. The van der Waals surface area contributed by atoms with Crippen molar-refractivity contribution < 1.29 is 4.79 Å². The standard InChI is InChI=1S/C27H26N10O/c1-16-21-8-6-18(12-23(21)32-30-16)28-27-29-25-5-3-4-20(37(25)34-27)14-35-10-11-36(26(38)15-35)19-7-9-22-17(2)31-33-24(22)13-19/h3-9,12-13H,10-11,14-15H2,1-2H3,(H,28,34)(H,30,32)(H,31,33). The molecule has 11 heteroatoms. The number of nitrogens with one attached hydrogen (secondary N) is 3. The SMILES string of the molecule is Cc1n[nH]c2cc(Nc3nc4cccc(CN5CCN(c6ccc7c(C)n[nH]c7c6)C(=O)C5)n4n3)ccc12. The van der Waals surface area contributed by atoms with Crippen molar-refractivity contribution in [2.24, 2.45) is 0 Å². The fraction of sp³-hybridized carbons (Fsp3) is 0.222. The fourth-order valence-corrected chi connectivity index (χ4v) is 5.17. The smallest absolute Gasteiger partial charge is 0.247 e. The van der Waals surface area contributed by atoms with E-state index in [1.54, 1.807) is 0 Å². The van der Waals surface area contributed by atoms with Crippen molar-refractivity contribution >= 4 is 50.7 Å². The number of aromatic amines is 2. The molecule has 38 heavy (non-hydrogen) atoms. The summed E-state index contributed by atoms with van der Waals surface area (Å²) >= 11 is 0. The van der Waals surface area contributed by atoms with Gasteiger partial charge in [-0.3, -0.25) is 19.9 Å². The Morgan fingerprint density at radius 1 is 0.921 bits per heavy atom. The van der Waals surface area contributed by atoms with Crippen molar-refractivity contribution in [1.82, 2.24) is 39.9 Å². The maximum Gasteiger partial charge on any atom is 0.247 e. The van der Waals surface area contributed by atoms with Crippen LogP contribution in [-0.4, -0.2) is 65.4 Å². The van der Waals surface area contributed by atoms with Gasteiger partial charge in [0.15, 0.2) is 5.65 Å². The number of H-pyrrole nitrogens is 2. The summed E-state index contributed by atoms with van der Waals surface area (Å²) in [4.78, 5) is 21.8. The van der Waals surface area contributed by atoms with Crippen LogP contribution in [-0.2, 0) is 11.3 Å². The number of aromatic nitrogens is 7. The molecule has 6 aromatic rings. The van der Waals surface area contributed by atoms with Gasteiger partial charge < -0.3 is 10.2 Å². The highest BCUT2D eigenvalue weighted by atomic mass is 16.2. The van der Waals surface area contributed by atoms with Gasteiger partial charge in [0, 0.05) is 41.8 Å². The van der Waals surface area contributed by atoms with Crippen molar-refractivity contribution in [2.45, 2.75) is 20.4 Å².